The molecule has 0 saturated carbocycles. The van der Waals surface area contributed by atoms with Crippen LogP contribution in [0.4, 0.5) is 0 Å². The zero-order valence-corrected chi connectivity index (χ0v) is 11.2. The van der Waals surface area contributed by atoms with Crippen molar-refractivity contribution in [3.8, 4) is 0 Å². The molecule has 0 atom stereocenters. The molecule has 0 amide bonds. The fourth-order valence-electron chi connectivity index (χ4n) is 2.17. The molecule has 1 aliphatic heterocycles. The van der Waals surface area contributed by atoms with Crippen molar-refractivity contribution in [3.05, 3.63) is 34.3 Å². The first-order chi connectivity index (χ1) is 8.25. The summed E-state index contributed by atoms with van der Waals surface area (Å²) in [5.74, 6) is 0. The molecule has 1 aliphatic rings. The smallest absolute Gasteiger partial charge is 0.0594 e. The zero-order chi connectivity index (χ0) is 12.1. The van der Waals surface area contributed by atoms with Gasteiger partial charge in [-0.1, -0.05) is 23.7 Å². The fraction of sp³-hybridized carbons (Fsp3) is 0.571. The molecule has 1 heterocycles. The van der Waals surface area contributed by atoms with Crippen LogP contribution in [0.2, 0.25) is 5.02 Å². The largest absolute Gasteiger partial charge is 0.379 e. The van der Waals surface area contributed by atoms with E-state index in [0.29, 0.717) is 0 Å². The zero-order valence-electron chi connectivity index (χ0n) is 10.4. The summed E-state index contributed by atoms with van der Waals surface area (Å²) in [6.45, 7) is 7.12. The van der Waals surface area contributed by atoms with E-state index in [1.54, 1.807) is 0 Å². The van der Waals surface area contributed by atoms with E-state index in [0.717, 1.165) is 44.3 Å². The molecule has 1 fully saturated rings. The Morgan fingerprint density at radius 1 is 1.29 bits per heavy atom. The first-order valence-electron chi connectivity index (χ1n) is 6.31. The van der Waals surface area contributed by atoms with Gasteiger partial charge in [-0.25, -0.2) is 0 Å². The first-order valence-corrected chi connectivity index (χ1v) is 6.68. The van der Waals surface area contributed by atoms with E-state index >= 15 is 0 Å². The fourth-order valence-corrected chi connectivity index (χ4v) is 2.50. The summed E-state index contributed by atoms with van der Waals surface area (Å²) < 4.78 is 5.33. The van der Waals surface area contributed by atoms with Crippen molar-refractivity contribution in [3.63, 3.8) is 0 Å². The van der Waals surface area contributed by atoms with Crippen LogP contribution in [-0.2, 0) is 11.2 Å². The highest BCUT2D eigenvalue weighted by atomic mass is 35.5. The second-order valence-corrected chi connectivity index (χ2v) is 5.06. The minimum Gasteiger partial charge on any atom is -0.379 e. The summed E-state index contributed by atoms with van der Waals surface area (Å²) in [6, 6.07) is 6.33. The highest BCUT2D eigenvalue weighted by Crippen LogP contribution is 2.19. The third kappa shape index (κ3) is 3.98. The molecule has 0 unspecified atom stereocenters. The van der Waals surface area contributed by atoms with Gasteiger partial charge in [0.1, 0.15) is 0 Å². The average molecular weight is 254 g/mol. The Hall–Kier alpha value is -0.570. The van der Waals surface area contributed by atoms with Gasteiger partial charge in [0.15, 0.2) is 0 Å². The van der Waals surface area contributed by atoms with Gasteiger partial charge in [0.2, 0.25) is 0 Å². The molecule has 0 radical (unpaired) electrons. The number of hydrogen-bond donors (Lipinski definition) is 0. The predicted molar refractivity (Wildman–Crippen MR) is 71.8 cm³/mol. The van der Waals surface area contributed by atoms with Crippen molar-refractivity contribution in [2.24, 2.45) is 0 Å². The first kappa shape index (κ1) is 12.9. The van der Waals surface area contributed by atoms with Gasteiger partial charge in [-0.3, -0.25) is 4.90 Å². The van der Waals surface area contributed by atoms with E-state index in [-0.39, 0.29) is 0 Å². The molecule has 2 rings (SSSR count). The van der Waals surface area contributed by atoms with Crippen molar-refractivity contribution in [2.75, 3.05) is 32.8 Å². The van der Waals surface area contributed by atoms with Gasteiger partial charge in [0.05, 0.1) is 13.2 Å². The van der Waals surface area contributed by atoms with Crippen molar-refractivity contribution >= 4 is 11.6 Å². The summed E-state index contributed by atoms with van der Waals surface area (Å²) in [6.07, 6.45) is 2.24. The number of rotatable bonds is 4. The van der Waals surface area contributed by atoms with Crippen LogP contribution in [0.25, 0.3) is 0 Å². The van der Waals surface area contributed by atoms with Crippen LogP contribution in [-0.4, -0.2) is 37.7 Å². The van der Waals surface area contributed by atoms with Crippen molar-refractivity contribution in [2.45, 2.75) is 19.8 Å². The molecule has 0 N–H and O–H groups in total. The SMILES string of the molecule is Cc1ccc(CCCN2CCOCC2)c(Cl)c1. The summed E-state index contributed by atoms with van der Waals surface area (Å²) in [4.78, 5) is 2.46. The number of nitrogens with zero attached hydrogens (tertiary/aromatic N) is 1. The molecular weight excluding hydrogens is 234 g/mol. The summed E-state index contributed by atoms with van der Waals surface area (Å²) in [5.41, 5.74) is 2.50. The van der Waals surface area contributed by atoms with E-state index < -0.39 is 0 Å². The van der Waals surface area contributed by atoms with Crippen LogP contribution in [0.1, 0.15) is 17.5 Å². The topological polar surface area (TPSA) is 12.5 Å². The summed E-state index contributed by atoms with van der Waals surface area (Å²) >= 11 is 6.22. The molecular formula is C14H20ClNO. The number of benzene rings is 1. The quantitative estimate of drug-likeness (QED) is 0.818. The van der Waals surface area contributed by atoms with Gasteiger partial charge in [-0.05, 0) is 43.5 Å². The molecule has 1 aromatic carbocycles. The Balaban J connectivity index is 1.77. The van der Waals surface area contributed by atoms with Gasteiger partial charge in [0, 0.05) is 18.1 Å². The van der Waals surface area contributed by atoms with Crippen molar-refractivity contribution < 1.29 is 4.74 Å². The minimum atomic E-state index is 0.880. The third-order valence-corrected chi connectivity index (χ3v) is 3.58. The molecule has 0 spiro atoms. The third-order valence-electron chi connectivity index (χ3n) is 3.23. The number of halogens is 1. The van der Waals surface area contributed by atoms with Crippen LogP contribution in [0.15, 0.2) is 18.2 Å². The number of aryl methyl sites for hydroxylation is 2. The average Bonchev–Trinajstić information content (AvgIpc) is 2.33. The second-order valence-electron chi connectivity index (χ2n) is 4.65. The molecule has 0 aromatic heterocycles. The highest BCUT2D eigenvalue weighted by molar-refractivity contribution is 6.31. The van der Waals surface area contributed by atoms with Crippen LogP contribution in [0.5, 0.6) is 0 Å². The number of hydrogen-bond acceptors (Lipinski definition) is 2. The Morgan fingerprint density at radius 3 is 2.76 bits per heavy atom. The molecule has 94 valence electrons. The molecule has 0 bridgehead atoms. The Labute approximate surface area is 109 Å². The van der Waals surface area contributed by atoms with Crippen LogP contribution in [0.3, 0.4) is 0 Å². The highest BCUT2D eigenvalue weighted by Gasteiger charge is 2.09. The molecule has 17 heavy (non-hydrogen) atoms. The Morgan fingerprint density at radius 2 is 2.06 bits per heavy atom. The monoisotopic (exact) mass is 253 g/mol. The number of ether oxygens (including phenoxy) is 1. The molecule has 2 nitrogen and oxygen atoms in total. The normalized spacial score (nSPS) is 17.3. The predicted octanol–water partition coefficient (Wildman–Crippen LogP) is 2.91. The van der Waals surface area contributed by atoms with E-state index in [1.165, 1.54) is 17.5 Å². The van der Waals surface area contributed by atoms with E-state index in [2.05, 4.69) is 24.0 Å². The maximum absolute atomic E-state index is 6.22. The summed E-state index contributed by atoms with van der Waals surface area (Å²) in [5, 5.41) is 0.909. The van der Waals surface area contributed by atoms with Gasteiger partial charge in [-0.15, -0.1) is 0 Å². The lowest BCUT2D eigenvalue weighted by Gasteiger charge is -2.26. The summed E-state index contributed by atoms with van der Waals surface area (Å²) in [7, 11) is 0. The standard InChI is InChI=1S/C14H20ClNO/c1-12-4-5-13(14(15)11-12)3-2-6-16-7-9-17-10-8-16/h4-5,11H,2-3,6-10H2,1H3. The molecule has 1 saturated heterocycles. The minimum absolute atomic E-state index is 0.880. The van der Waals surface area contributed by atoms with E-state index in [9.17, 15) is 0 Å². The van der Waals surface area contributed by atoms with Crippen LogP contribution >= 0.6 is 11.6 Å². The maximum Gasteiger partial charge on any atom is 0.0594 e. The van der Waals surface area contributed by atoms with Gasteiger partial charge in [0.25, 0.3) is 0 Å². The second kappa shape index (κ2) is 6.39. The van der Waals surface area contributed by atoms with Crippen LogP contribution < -0.4 is 0 Å². The lowest BCUT2D eigenvalue weighted by atomic mass is 10.1. The lowest BCUT2D eigenvalue weighted by molar-refractivity contribution is 0.0375. The molecule has 0 aliphatic carbocycles. The van der Waals surface area contributed by atoms with E-state index in [4.69, 9.17) is 16.3 Å². The Kier molecular flexibility index (Phi) is 4.84. The number of morpholine rings is 1. The molecule has 1 aromatic rings. The lowest BCUT2D eigenvalue weighted by Crippen LogP contribution is -2.36. The maximum atomic E-state index is 6.22. The Bertz CT molecular complexity index is 361. The van der Waals surface area contributed by atoms with Crippen molar-refractivity contribution in [1.29, 1.82) is 0 Å². The van der Waals surface area contributed by atoms with Crippen molar-refractivity contribution in [1.82, 2.24) is 4.90 Å². The van der Waals surface area contributed by atoms with Crippen LogP contribution in [0, 0.1) is 6.92 Å². The van der Waals surface area contributed by atoms with Gasteiger partial charge < -0.3 is 4.74 Å². The van der Waals surface area contributed by atoms with Gasteiger partial charge >= 0.3 is 0 Å². The van der Waals surface area contributed by atoms with Gasteiger partial charge in [-0.2, -0.15) is 0 Å². The van der Waals surface area contributed by atoms with E-state index in [1.807, 2.05) is 6.07 Å². The molecule has 3 heteroatoms.